The molecule has 2 aromatic rings. The second kappa shape index (κ2) is 7.42. The summed E-state index contributed by atoms with van der Waals surface area (Å²) in [6.45, 7) is 0.223. The van der Waals surface area contributed by atoms with Crippen molar-refractivity contribution < 1.29 is 14.5 Å². The van der Waals surface area contributed by atoms with E-state index < -0.39 is 4.92 Å². The minimum Gasteiger partial charge on any atom is -0.493 e. The lowest BCUT2D eigenvalue weighted by Gasteiger charge is -2.08. The fraction of sp³-hybridized carbons (Fsp3) is 0.133. The van der Waals surface area contributed by atoms with Crippen molar-refractivity contribution >= 4 is 28.9 Å². The zero-order chi connectivity index (χ0) is 15.9. The van der Waals surface area contributed by atoms with Crippen LogP contribution in [-0.2, 0) is 4.79 Å². The van der Waals surface area contributed by atoms with Gasteiger partial charge in [-0.15, -0.1) is 0 Å². The fourth-order valence-corrected chi connectivity index (χ4v) is 1.93. The summed E-state index contributed by atoms with van der Waals surface area (Å²) in [5.74, 6) is 0.398. The van der Waals surface area contributed by atoms with E-state index in [0.717, 1.165) is 0 Å². The Morgan fingerprint density at radius 2 is 1.95 bits per heavy atom. The van der Waals surface area contributed by atoms with E-state index in [-0.39, 0.29) is 29.6 Å². The Morgan fingerprint density at radius 1 is 1.23 bits per heavy atom. The number of carbonyl (C=O) groups excluding carboxylic acids is 1. The number of anilines is 1. The summed E-state index contributed by atoms with van der Waals surface area (Å²) < 4.78 is 5.41. The van der Waals surface area contributed by atoms with Crippen LogP contribution in [0.15, 0.2) is 48.5 Å². The number of nitrogens with zero attached hydrogens (tertiary/aromatic N) is 1. The maximum Gasteiger partial charge on any atom is 0.271 e. The number of nitro groups is 1. The third-order valence-corrected chi connectivity index (χ3v) is 3.09. The number of amides is 1. The predicted molar refractivity (Wildman–Crippen MR) is 83.3 cm³/mol. The van der Waals surface area contributed by atoms with Crippen molar-refractivity contribution in [2.45, 2.75) is 6.42 Å². The predicted octanol–water partition coefficient (Wildman–Crippen LogP) is 3.66. The largest absolute Gasteiger partial charge is 0.493 e. The molecular formula is C15H13ClN2O4. The molecule has 0 fully saturated rings. The van der Waals surface area contributed by atoms with Crippen LogP contribution < -0.4 is 10.1 Å². The van der Waals surface area contributed by atoms with E-state index in [2.05, 4.69) is 5.32 Å². The molecule has 0 saturated heterocycles. The maximum atomic E-state index is 11.8. The molecule has 0 saturated carbocycles. The summed E-state index contributed by atoms with van der Waals surface area (Å²) in [4.78, 5) is 21.8. The fourth-order valence-electron chi connectivity index (χ4n) is 1.71. The number of hydrogen-bond donors (Lipinski definition) is 1. The highest BCUT2D eigenvalue weighted by atomic mass is 35.5. The van der Waals surface area contributed by atoms with E-state index >= 15 is 0 Å². The lowest BCUT2D eigenvalue weighted by molar-refractivity contribution is -0.384. The molecule has 114 valence electrons. The Labute approximate surface area is 131 Å². The van der Waals surface area contributed by atoms with Crippen molar-refractivity contribution in [3.05, 3.63) is 63.7 Å². The van der Waals surface area contributed by atoms with Crippen LogP contribution in [-0.4, -0.2) is 17.4 Å². The second-order valence-corrected chi connectivity index (χ2v) is 4.79. The maximum absolute atomic E-state index is 11.8. The lowest BCUT2D eigenvalue weighted by atomic mass is 10.2. The molecule has 1 N–H and O–H groups in total. The van der Waals surface area contributed by atoms with Crippen LogP contribution in [0, 0.1) is 10.1 Å². The van der Waals surface area contributed by atoms with Gasteiger partial charge in [-0.2, -0.15) is 0 Å². The number of non-ortho nitro benzene ring substituents is 1. The molecule has 2 aromatic carbocycles. The number of carbonyl (C=O) groups is 1. The smallest absolute Gasteiger partial charge is 0.271 e. The Bertz CT molecular complexity index is 676. The molecule has 0 spiro atoms. The summed E-state index contributed by atoms with van der Waals surface area (Å²) in [7, 11) is 0. The summed E-state index contributed by atoms with van der Waals surface area (Å²) in [6, 6.07) is 13.0. The lowest BCUT2D eigenvalue weighted by Crippen LogP contribution is -2.15. The first-order valence-corrected chi connectivity index (χ1v) is 6.85. The van der Waals surface area contributed by atoms with Gasteiger partial charge in [0.05, 0.1) is 28.7 Å². The van der Waals surface area contributed by atoms with Crippen LogP contribution in [0.3, 0.4) is 0 Å². The zero-order valence-electron chi connectivity index (χ0n) is 11.5. The minimum atomic E-state index is -0.550. The van der Waals surface area contributed by atoms with Crippen LogP contribution in [0.4, 0.5) is 11.4 Å². The third kappa shape index (κ3) is 4.46. The standard InChI is InChI=1S/C15H13ClN2O4/c16-13-10-11(18(20)21)6-7-14(13)17-15(19)8-9-22-12-4-2-1-3-5-12/h1-7,10H,8-9H2,(H,17,19). The van der Waals surface area contributed by atoms with E-state index in [1.54, 1.807) is 12.1 Å². The van der Waals surface area contributed by atoms with Crippen molar-refractivity contribution in [1.82, 2.24) is 0 Å². The number of halogens is 1. The van der Waals surface area contributed by atoms with Crippen molar-refractivity contribution in [1.29, 1.82) is 0 Å². The van der Waals surface area contributed by atoms with Gasteiger partial charge in [-0.3, -0.25) is 14.9 Å². The van der Waals surface area contributed by atoms with E-state index in [1.807, 2.05) is 18.2 Å². The van der Waals surface area contributed by atoms with Gasteiger partial charge in [0.25, 0.3) is 5.69 Å². The van der Waals surface area contributed by atoms with Crippen molar-refractivity contribution in [2.75, 3.05) is 11.9 Å². The molecule has 7 heteroatoms. The number of nitrogens with one attached hydrogen (secondary N) is 1. The Balaban J connectivity index is 1.85. The zero-order valence-corrected chi connectivity index (χ0v) is 12.2. The first-order valence-electron chi connectivity index (χ1n) is 6.48. The first-order chi connectivity index (χ1) is 10.6. The molecule has 22 heavy (non-hydrogen) atoms. The Kier molecular flexibility index (Phi) is 5.32. The number of para-hydroxylation sites is 1. The number of nitro benzene ring substituents is 1. The minimum absolute atomic E-state index is 0.117. The first kappa shape index (κ1) is 15.8. The van der Waals surface area contributed by atoms with E-state index in [4.69, 9.17) is 16.3 Å². The van der Waals surface area contributed by atoms with Crippen molar-refractivity contribution in [3.8, 4) is 5.75 Å². The molecule has 0 aliphatic carbocycles. The summed E-state index contributed by atoms with van der Waals surface area (Å²) in [6.07, 6.45) is 0.141. The van der Waals surface area contributed by atoms with E-state index in [9.17, 15) is 14.9 Å². The molecular weight excluding hydrogens is 308 g/mol. The molecule has 0 radical (unpaired) electrons. The van der Waals surface area contributed by atoms with Crippen LogP contribution in [0.2, 0.25) is 5.02 Å². The average molecular weight is 321 g/mol. The van der Waals surface area contributed by atoms with Gasteiger partial charge in [0.2, 0.25) is 5.91 Å². The van der Waals surface area contributed by atoms with Gasteiger partial charge in [-0.05, 0) is 18.2 Å². The van der Waals surface area contributed by atoms with Gasteiger partial charge < -0.3 is 10.1 Å². The number of rotatable bonds is 6. The van der Waals surface area contributed by atoms with Gasteiger partial charge in [-0.25, -0.2) is 0 Å². The molecule has 0 bridgehead atoms. The Morgan fingerprint density at radius 3 is 2.59 bits per heavy atom. The molecule has 0 heterocycles. The molecule has 2 rings (SSSR count). The highest BCUT2D eigenvalue weighted by molar-refractivity contribution is 6.33. The molecule has 0 atom stereocenters. The number of ether oxygens (including phenoxy) is 1. The van der Waals surface area contributed by atoms with Crippen LogP contribution in [0.1, 0.15) is 6.42 Å². The quantitative estimate of drug-likeness (QED) is 0.650. The van der Waals surface area contributed by atoms with Gasteiger partial charge in [0.15, 0.2) is 0 Å². The van der Waals surface area contributed by atoms with Gasteiger partial charge in [0.1, 0.15) is 5.75 Å². The average Bonchev–Trinajstić information content (AvgIpc) is 2.50. The SMILES string of the molecule is O=C(CCOc1ccccc1)Nc1ccc([N+](=O)[O-])cc1Cl. The highest BCUT2D eigenvalue weighted by Gasteiger charge is 2.11. The normalized spacial score (nSPS) is 10.0. The monoisotopic (exact) mass is 320 g/mol. The summed E-state index contributed by atoms with van der Waals surface area (Å²) in [5.41, 5.74) is 0.201. The van der Waals surface area contributed by atoms with E-state index in [0.29, 0.717) is 11.4 Å². The van der Waals surface area contributed by atoms with Crippen LogP contribution >= 0.6 is 11.6 Å². The molecule has 0 unspecified atom stereocenters. The number of benzene rings is 2. The van der Waals surface area contributed by atoms with Gasteiger partial charge in [-0.1, -0.05) is 29.8 Å². The van der Waals surface area contributed by atoms with Gasteiger partial charge >= 0.3 is 0 Å². The highest BCUT2D eigenvalue weighted by Crippen LogP contribution is 2.26. The Hall–Kier alpha value is -2.60. The topological polar surface area (TPSA) is 81.5 Å². The summed E-state index contributed by atoms with van der Waals surface area (Å²) >= 11 is 5.90. The second-order valence-electron chi connectivity index (χ2n) is 4.38. The molecule has 1 amide bonds. The molecule has 0 aromatic heterocycles. The van der Waals surface area contributed by atoms with Crippen molar-refractivity contribution in [2.24, 2.45) is 0 Å². The number of hydrogen-bond acceptors (Lipinski definition) is 4. The summed E-state index contributed by atoms with van der Waals surface area (Å²) in [5, 5.41) is 13.3. The van der Waals surface area contributed by atoms with Crippen LogP contribution in [0.5, 0.6) is 5.75 Å². The van der Waals surface area contributed by atoms with Crippen LogP contribution in [0.25, 0.3) is 0 Å². The van der Waals surface area contributed by atoms with Crippen molar-refractivity contribution in [3.63, 3.8) is 0 Å². The molecule has 0 aliphatic heterocycles. The van der Waals surface area contributed by atoms with E-state index in [1.165, 1.54) is 18.2 Å². The molecule has 0 aliphatic rings. The third-order valence-electron chi connectivity index (χ3n) is 2.78. The van der Waals surface area contributed by atoms with Gasteiger partial charge in [0, 0.05) is 12.1 Å². The molecule has 6 nitrogen and oxygen atoms in total.